The van der Waals surface area contributed by atoms with Crippen molar-refractivity contribution in [3.05, 3.63) is 65.2 Å². The van der Waals surface area contributed by atoms with Crippen LogP contribution in [-0.4, -0.2) is 17.2 Å². The summed E-state index contributed by atoms with van der Waals surface area (Å²) in [5.74, 6) is 5.88. The molecule has 1 aliphatic carbocycles. The van der Waals surface area contributed by atoms with Gasteiger partial charge in [0.25, 0.3) is 0 Å². The van der Waals surface area contributed by atoms with Gasteiger partial charge in [-0.25, -0.2) is 0 Å². The SMILES string of the molecule is Cc1ccc(C(C#Cc2ccccc2)CC(=O)O)cc1OC1CCCC1. The fraction of sp³-hybridized carbons (Fsp3) is 0.348. The molecule has 2 aromatic carbocycles. The standard InChI is InChI=1S/C23H24O3/c1-17-11-13-19(15-22(17)26-21-9-5-6-10-21)20(16-23(24)25)14-12-18-7-3-2-4-8-18/h2-4,7-8,11,13,15,20-21H,5-6,9-10,16H2,1H3,(H,24,25). The number of hydrogen-bond acceptors (Lipinski definition) is 2. The first-order valence-corrected chi connectivity index (χ1v) is 9.17. The molecule has 1 atom stereocenters. The van der Waals surface area contributed by atoms with Crippen molar-refractivity contribution in [3.8, 4) is 17.6 Å². The molecule has 0 spiro atoms. The zero-order valence-electron chi connectivity index (χ0n) is 15.1. The second kappa shape index (κ2) is 8.58. The highest BCUT2D eigenvalue weighted by molar-refractivity contribution is 5.69. The Balaban J connectivity index is 1.86. The molecule has 0 aromatic heterocycles. The number of carbonyl (C=O) groups is 1. The second-order valence-corrected chi connectivity index (χ2v) is 6.84. The van der Waals surface area contributed by atoms with E-state index in [1.807, 2.05) is 55.5 Å². The summed E-state index contributed by atoms with van der Waals surface area (Å²) in [6.45, 7) is 2.02. The lowest BCUT2D eigenvalue weighted by atomic mass is 9.94. The van der Waals surface area contributed by atoms with Crippen molar-refractivity contribution in [2.75, 3.05) is 0 Å². The first kappa shape index (κ1) is 18.1. The zero-order chi connectivity index (χ0) is 18.4. The molecular weight excluding hydrogens is 324 g/mol. The predicted octanol–water partition coefficient (Wildman–Crippen LogP) is 4.93. The Hall–Kier alpha value is -2.73. The fourth-order valence-electron chi connectivity index (χ4n) is 3.26. The van der Waals surface area contributed by atoms with Gasteiger partial charge in [0.2, 0.25) is 0 Å². The van der Waals surface area contributed by atoms with E-state index in [4.69, 9.17) is 4.74 Å². The third-order valence-electron chi connectivity index (χ3n) is 4.75. The minimum Gasteiger partial charge on any atom is -0.490 e. The molecule has 0 bridgehead atoms. The number of rotatable bonds is 5. The van der Waals surface area contributed by atoms with Crippen LogP contribution < -0.4 is 4.74 Å². The number of carboxylic acid groups (broad SMARTS) is 1. The number of benzene rings is 2. The van der Waals surface area contributed by atoms with Crippen LogP contribution in [0, 0.1) is 18.8 Å². The molecule has 3 rings (SSSR count). The van der Waals surface area contributed by atoms with E-state index >= 15 is 0 Å². The van der Waals surface area contributed by atoms with E-state index in [1.165, 1.54) is 12.8 Å². The predicted molar refractivity (Wildman–Crippen MR) is 102 cm³/mol. The van der Waals surface area contributed by atoms with Crippen LogP contribution in [0.15, 0.2) is 48.5 Å². The van der Waals surface area contributed by atoms with E-state index in [9.17, 15) is 9.90 Å². The average molecular weight is 348 g/mol. The van der Waals surface area contributed by atoms with Crippen LogP contribution >= 0.6 is 0 Å². The molecule has 26 heavy (non-hydrogen) atoms. The van der Waals surface area contributed by atoms with E-state index in [2.05, 4.69) is 11.8 Å². The quantitative estimate of drug-likeness (QED) is 0.780. The Bertz CT molecular complexity index is 808. The highest BCUT2D eigenvalue weighted by atomic mass is 16.5. The van der Waals surface area contributed by atoms with Crippen LogP contribution in [0.25, 0.3) is 0 Å². The molecule has 1 N–H and O–H groups in total. The van der Waals surface area contributed by atoms with Crippen LogP contribution in [0.4, 0.5) is 0 Å². The Labute approximate surface area is 155 Å². The van der Waals surface area contributed by atoms with Crippen molar-refractivity contribution < 1.29 is 14.6 Å². The van der Waals surface area contributed by atoms with Gasteiger partial charge in [-0.05, 0) is 61.9 Å². The van der Waals surface area contributed by atoms with Gasteiger partial charge in [-0.1, -0.05) is 42.2 Å². The number of aliphatic carboxylic acids is 1. The molecule has 0 saturated heterocycles. The first-order valence-electron chi connectivity index (χ1n) is 9.17. The summed E-state index contributed by atoms with van der Waals surface area (Å²) >= 11 is 0. The fourth-order valence-corrected chi connectivity index (χ4v) is 3.26. The van der Waals surface area contributed by atoms with Crippen LogP contribution in [-0.2, 0) is 4.79 Å². The lowest BCUT2D eigenvalue weighted by Gasteiger charge is -2.17. The molecule has 134 valence electrons. The number of aryl methyl sites for hydroxylation is 1. The molecule has 1 saturated carbocycles. The largest absolute Gasteiger partial charge is 0.490 e. The molecule has 1 fully saturated rings. The Morgan fingerprint density at radius 2 is 1.92 bits per heavy atom. The lowest BCUT2D eigenvalue weighted by Crippen LogP contribution is -2.12. The molecule has 3 heteroatoms. The maximum atomic E-state index is 11.3. The molecule has 0 heterocycles. The van der Waals surface area contributed by atoms with E-state index in [1.54, 1.807) is 0 Å². The minimum atomic E-state index is -0.851. The summed E-state index contributed by atoms with van der Waals surface area (Å²) in [6, 6.07) is 15.6. The maximum absolute atomic E-state index is 11.3. The molecule has 0 aliphatic heterocycles. The van der Waals surface area contributed by atoms with Crippen molar-refractivity contribution in [2.24, 2.45) is 0 Å². The van der Waals surface area contributed by atoms with Crippen LogP contribution in [0.1, 0.15) is 54.7 Å². The zero-order valence-corrected chi connectivity index (χ0v) is 15.1. The monoisotopic (exact) mass is 348 g/mol. The van der Waals surface area contributed by atoms with E-state index in [-0.39, 0.29) is 18.4 Å². The third kappa shape index (κ3) is 4.89. The molecular formula is C23H24O3. The highest BCUT2D eigenvalue weighted by Crippen LogP contribution is 2.30. The molecule has 1 unspecified atom stereocenters. The third-order valence-corrected chi connectivity index (χ3v) is 4.75. The normalized spacial score (nSPS) is 15.1. The number of ether oxygens (including phenoxy) is 1. The molecule has 0 amide bonds. The summed E-state index contributed by atoms with van der Waals surface area (Å²) < 4.78 is 6.17. The number of carboxylic acids is 1. The van der Waals surface area contributed by atoms with Crippen molar-refractivity contribution >= 4 is 5.97 Å². The Kier molecular flexibility index (Phi) is 5.96. The Morgan fingerprint density at radius 3 is 2.62 bits per heavy atom. The van der Waals surface area contributed by atoms with Gasteiger partial charge in [-0.3, -0.25) is 4.79 Å². The van der Waals surface area contributed by atoms with Gasteiger partial charge in [0.05, 0.1) is 18.4 Å². The summed E-state index contributed by atoms with van der Waals surface area (Å²) in [4.78, 5) is 11.3. The van der Waals surface area contributed by atoms with Crippen LogP contribution in [0.2, 0.25) is 0 Å². The van der Waals surface area contributed by atoms with Crippen molar-refractivity contribution in [3.63, 3.8) is 0 Å². The average Bonchev–Trinajstić information content (AvgIpc) is 3.14. The summed E-state index contributed by atoms with van der Waals surface area (Å²) in [6.07, 6.45) is 4.87. The van der Waals surface area contributed by atoms with Gasteiger partial charge in [0.1, 0.15) is 5.75 Å². The van der Waals surface area contributed by atoms with Gasteiger partial charge in [0.15, 0.2) is 0 Å². The van der Waals surface area contributed by atoms with Gasteiger partial charge in [-0.2, -0.15) is 0 Å². The smallest absolute Gasteiger partial charge is 0.304 e. The molecule has 3 nitrogen and oxygen atoms in total. The van der Waals surface area contributed by atoms with E-state index in [0.717, 1.165) is 35.3 Å². The highest BCUT2D eigenvalue weighted by Gasteiger charge is 2.19. The summed E-state index contributed by atoms with van der Waals surface area (Å²) in [5.41, 5.74) is 2.86. The van der Waals surface area contributed by atoms with Crippen LogP contribution in [0.5, 0.6) is 5.75 Å². The van der Waals surface area contributed by atoms with Gasteiger partial charge < -0.3 is 9.84 Å². The maximum Gasteiger partial charge on any atom is 0.304 e. The molecule has 0 radical (unpaired) electrons. The second-order valence-electron chi connectivity index (χ2n) is 6.84. The van der Waals surface area contributed by atoms with Crippen LogP contribution in [0.3, 0.4) is 0 Å². The van der Waals surface area contributed by atoms with Gasteiger partial charge >= 0.3 is 5.97 Å². The van der Waals surface area contributed by atoms with Gasteiger partial charge in [0, 0.05) is 5.56 Å². The lowest BCUT2D eigenvalue weighted by molar-refractivity contribution is -0.137. The summed E-state index contributed by atoms with van der Waals surface area (Å²) in [7, 11) is 0. The van der Waals surface area contributed by atoms with Crippen molar-refractivity contribution in [1.29, 1.82) is 0 Å². The van der Waals surface area contributed by atoms with E-state index < -0.39 is 5.97 Å². The topological polar surface area (TPSA) is 46.5 Å². The first-order chi connectivity index (χ1) is 12.6. The van der Waals surface area contributed by atoms with E-state index in [0.29, 0.717) is 0 Å². The number of hydrogen-bond donors (Lipinski definition) is 1. The van der Waals surface area contributed by atoms with Gasteiger partial charge in [-0.15, -0.1) is 0 Å². The molecule has 1 aliphatic rings. The van der Waals surface area contributed by atoms with Crippen molar-refractivity contribution in [1.82, 2.24) is 0 Å². The molecule has 2 aromatic rings. The Morgan fingerprint density at radius 1 is 1.19 bits per heavy atom. The minimum absolute atomic E-state index is 0.0221. The summed E-state index contributed by atoms with van der Waals surface area (Å²) in [5, 5.41) is 9.30. The van der Waals surface area contributed by atoms with Crippen molar-refractivity contribution in [2.45, 2.75) is 51.0 Å².